The molecule has 2 aromatic carbocycles. The summed E-state index contributed by atoms with van der Waals surface area (Å²) in [4.78, 5) is 16.6. The molecule has 0 aliphatic heterocycles. The van der Waals surface area contributed by atoms with Gasteiger partial charge >= 0.3 is 0 Å². The van der Waals surface area contributed by atoms with Crippen LogP contribution in [-0.2, 0) is 27.7 Å². The van der Waals surface area contributed by atoms with Crippen molar-refractivity contribution in [2.24, 2.45) is 10.9 Å². The third-order valence-electron chi connectivity index (χ3n) is 4.59. The lowest BCUT2D eigenvalue weighted by atomic mass is 10.1. The topological polar surface area (TPSA) is 99.7 Å². The van der Waals surface area contributed by atoms with Gasteiger partial charge in [-0.3, -0.25) is 9.79 Å². The number of nitrogens with one attached hydrogen (secondary N) is 3. The SMILES string of the molecule is CN=C(NCc1cccc(NC(=O)CC(C)C)c1)NCc1ccc(S(C)(=O)=O)c(C)c1.I. The molecule has 0 spiro atoms. The molecule has 0 saturated carbocycles. The maximum Gasteiger partial charge on any atom is 0.224 e. The van der Waals surface area contributed by atoms with E-state index in [1.807, 2.05) is 44.2 Å². The standard InChI is InChI=1S/C23H32N4O3S.HI/c1-16(2)11-22(28)27-20-8-6-7-18(13-20)14-25-23(24-4)26-15-19-9-10-21(17(3)12-19)31(5,29)30;/h6-10,12-13,16H,11,14-15H2,1-5H3,(H,27,28)(H2,24,25,26);1H. The summed E-state index contributed by atoms with van der Waals surface area (Å²) in [5, 5.41) is 9.41. The fourth-order valence-corrected chi connectivity index (χ4v) is 4.13. The Morgan fingerprint density at radius 3 is 2.19 bits per heavy atom. The van der Waals surface area contributed by atoms with Crippen molar-refractivity contribution in [2.75, 3.05) is 18.6 Å². The van der Waals surface area contributed by atoms with Crippen molar-refractivity contribution in [2.45, 2.75) is 45.2 Å². The number of nitrogens with zero attached hydrogens (tertiary/aromatic N) is 1. The van der Waals surface area contributed by atoms with Crippen molar-refractivity contribution < 1.29 is 13.2 Å². The summed E-state index contributed by atoms with van der Waals surface area (Å²) >= 11 is 0. The summed E-state index contributed by atoms with van der Waals surface area (Å²) in [6.07, 6.45) is 1.70. The lowest BCUT2D eigenvalue weighted by Gasteiger charge is -2.14. The number of carbonyl (C=O) groups is 1. The predicted molar refractivity (Wildman–Crippen MR) is 141 cm³/mol. The lowest BCUT2D eigenvalue weighted by Crippen LogP contribution is -2.36. The summed E-state index contributed by atoms with van der Waals surface area (Å²) in [5.74, 6) is 0.944. The Morgan fingerprint density at radius 1 is 1.03 bits per heavy atom. The van der Waals surface area contributed by atoms with Crippen LogP contribution < -0.4 is 16.0 Å². The number of hydrogen-bond acceptors (Lipinski definition) is 4. The van der Waals surface area contributed by atoms with E-state index < -0.39 is 9.84 Å². The molecular weight excluding hydrogens is 539 g/mol. The highest BCUT2D eigenvalue weighted by molar-refractivity contribution is 14.0. The van der Waals surface area contributed by atoms with Gasteiger partial charge in [-0.2, -0.15) is 0 Å². The van der Waals surface area contributed by atoms with E-state index in [2.05, 4.69) is 20.9 Å². The fraction of sp³-hybridized carbons (Fsp3) is 0.391. The van der Waals surface area contributed by atoms with E-state index in [0.717, 1.165) is 22.4 Å². The first-order chi connectivity index (χ1) is 14.6. The van der Waals surface area contributed by atoms with E-state index in [4.69, 9.17) is 0 Å². The number of aliphatic imine (C=N–C) groups is 1. The molecule has 0 aliphatic carbocycles. The molecule has 0 saturated heterocycles. The van der Waals surface area contributed by atoms with Crippen LogP contribution in [0.5, 0.6) is 0 Å². The van der Waals surface area contributed by atoms with E-state index in [-0.39, 0.29) is 29.9 Å². The fourth-order valence-electron chi connectivity index (χ4n) is 3.17. The van der Waals surface area contributed by atoms with Crippen molar-refractivity contribution in [1.82, 2.24) is 10.6 Å². The predicted octanol–water partition coefficient (Wildman–Crippen LogP) is 3.87. The molecule has 2 aromatic rings. The van der Waals surface area contributed by atoms with E-state index in [9.17, 15) is 13.2 Å². The lowest BCUT2D eigenvalue weighted by molar-refractivity contribution is -0.116. The Bertz CT molecular complexity index is 1050. The second-order valence-corrected chi connectivity index (χ2v) is 9.98. The summed E-state index contributed by atoms with van der Waals surface area (Å²) in [6, 6.07) is 13.0. The van der Waals surface area contributed by atoms with Gasteiger partial charge in [0, 0.05) is 38.5 Å². The number of anilines is 1. The normalized spacial score (nSPS) is 11.6. The van der Waals surface area contributed by atoms with E-state index in [1.165, 1.54) is 6.26 Å². The smallest absolute Gasteiger partial charge is 0.224 e. The molecule has 176 valence electrons. The van der Waals surface area contributed by atoms with Crippen molar-refractivity contribution >= 4 is 51.4 Å². The molecule has 3 N–H and O–H groups in total. The van der Waals surface area contributed by atoms with Gasteiger partial charge in [-0.25, -0.2) is 8.42 Å². The van der Waals surface area contributed by atoms with Crippen LogP contribution in [0.3, 0.4) is 0 Å². The Balaban J connectivity index is 0.00000512. The zero-order chi connectivity index (χ0) is 23.0. The van der Waals surface area contributed by atoms with Crippen LogP contribution in [0, 0.1) is 12.8 Å². The second-order valence-electron chi connectivity index (χ2n) is 8.00. The average Bonchev–Trinajstić information content (AvgIpc) is 2.66. The number of rotatable bonds is 8. The van der Waals surface area contributed by atoms with Crippen molar-refractivity contribution in [3.05, 3.63) is 59.2 Å². The Morgan fingerprint density at radius 2 is 1.66 bits per heavy atom. The monoisotopic (exact) mass is 572 g/mol. The number of sulfone groups is 1. The minimum atomic E-state index is -3.23. The summed E-state index contributed by atoms with van der Waals surface area (Å²) in [5.41, 5.74) is 3.47. The van der Waals surface area contributed by atoms with Crippen LogP contribution in [-0.4, -0.2) is 33.6 Å². The van der Waals surface area contributed by atoms with Crippen molar-refractivity contribution in [3.63, 3.8) is 0 Å². The van der Waals surface area contributed by atoms with Crippen LogP contribution in [0.4, 0.5) is 5.69 Å². The number of benzene rings is 2. The first kappa shape index (κ1) is 27.9. The molecule has 2 rings (SSSR count). The van der Waals surface area contributed by atoms with E-state index >= 15 is 0 Å². The molecule has 32 heavy (non-hydrogen) atoms. The van der Waals surface area contributed by atoms with Gasteiger partial charge in [0.25, 0.3) is 0 Å². The van der Waals surface area contributed by atoms with Crippen LogP contribution in [0.2, 0.25) is 0 Å². The minimum absolute atomic E-state index is 0. The molecule has 0 aliphatic rings. The maximum absolute atomic E-state index is 12.0. The van der Waals surface area contributed by atoms with E-state index in [0.29, 0.717) is 36.3 Å². The highest BCUT2D eigenvalue weighted by Gasteiger charge is 2.11. The second kappa shape index (κ2) is 12.8. The van der Waals surface area contributed by atoms with Crippen LogP contribution in [0.15, 0.2) is 52.4 Å². The van der Waals surface area contributed by atoms with Gasteiger partial charge in [-0.15, -0.1) is 24.0 Å². The van der Waals surface area contributed by atoms with Gasteiger partial charge < -0.3 is 16.0 Å². The van der Waals surface area contributed by atoms with Gasteiger partial charge in [0.1, 0.15) is 0 Å². The molecule has 0 fully saturated rings. The van der Waals surface area contributed by atoms with Gasteiger partial charge in [-0.1, -0.05) is 38.1 Å². The first-order valence-corrected chi connectivity index (χ1v) is 12.1. The third kappa shape index (κ3) is 9.15. The molecule has 0 unspecified atom stereocenters. The third-order valence-corrected chi connectivity index (χ3v) is 5.84. The quantitative estimate of drug-likeness (QED) is 0.254. The molecule has 0 radical (unpaired) electrons. The Labute approximate surface area is 208 Å². The Hall–Kier alpha value is -2.14. The number of halogens is 1. The number of carbonyl (C=O) groups excluding carboxylic acids is 1. The largest absolute Gasteiger partial charge is 0.352 e. The van der Waals surface area contributed by atoms with Crippen LogP contribution in [0.1, 0.15) is 37.0 Å². The molecule has 1 amide bonds. The van der Waals surface area contributed by atoms with Gasteiger partial charge in [0.15, 0.2) is 15.8 Å². The number of aryl methyl sites for hydroxylation is 1. The summed E-state index contributed by atoms with van der Waals surface area (Å²) < 4.78 is 23.5. The van der Waals surface area contributed by atoms with Gasteiger partial charge in [0.2, 0.25) is 5.91 Å². The van der Waals surface area contributed by atoms with Crippen molar-refractivity contribution in [3.8, 4) is 0 Å². The molecule has 0 bridgehead atoms. The minimum Gasteiger partial charge on any atom is -0.352 e. The maximum atomic E-state index is 12.0. The first-order valence-electron chi connectivity index (χ1n) is 10.2. The zero-order valence-electron chi connectivity index (χ0n) is 19.2. The zero-order valence-corrected chi connectivity index (χ0v) is 22.4. The highest BCUT2D eigenvalue weighted by atomic mass is 127. The molecule has 0 atom stereocenters. The summed E-state index contributed by atoms with van der Waals surface area (Å²) in [6.45, 7) is 6.87. The van der Waals surface area contributed by atoms with E-state index in [1.54, 1.807) is 26.1 Å². The number of amides is 1. The molecule has 7 nitrogen and oxygen atoms in total. The Kier molecular flexibility index (Phi) is 11.1. The highest BCUT2D eigenvalue weighted by Crippen LogP contribution is 2.16. The molecule has 0 heterocycles. The summed E-state index contributed by atoms with van der Waals surface area (Å²) in [7, 11) is -1.54. The number of hydrogen-bond donors (Lipinski definition) is 3. The van der Waals surface area contributed by atoms with Crippen molar-refractivity contribution in [1.29, 1.82) is 0 Å². The number of guanidine groups is 1. The average molecular weight is 573 g/mol. The van der Waals surface area contributed by atoms with Crippen LogP contribution >= 0.6 is 24.0 Å². The van der Waals surface area contributed by atoms with Gasteiger partial charge in [0.05, 0.1) is 4.90 Å². The molecule has 9 heteroatoms. The molecular formula is C23H33IN4O3S. The van der Waals surface area contributed by atoms with Crippen LogP contribution in [0.25, 0.3) is 0 Å². The van der Waals surface area contributed by atoms with Gasteiger partial charge in [-0.05, 0) is 47.7 Å². The molecule has 0 aromatic heterocycles.